The summed E-state index contributed by atoms with van der Waals surface area (Å²) in [7, 11) is 0. The van der Waals surface area contributed by atoms with E-state index in [0.29, 0.717) is 17.5 Å². The first kappa shape index (κ1) is 18.9. The fraction of sp³-hybridized carbons (Fsp3) is 0.500. The van der Waals surface area contributed by atoms with Gasteiger partial charge in [-0.3, -0.25) is 9.69 Å². The molecule has 26 heavy (non-hydrogen) atoms. The van der Waals surface area contributed by atoms with Crippen molar-refractivity contribution in [1.29, 1.82) is 0 Å². The molecular weight excluding hydrogens is 350 g/mol. The Morgan fingerprint density at radius 1 is 1.27 bits per heavy atom. The van der Waals surface area contributed by atoms with Crippen LogP contribution in [0.25, 0.3) is 11.3 Å². The minimum absolute atomic E-state index is 0.0414. The summed E-state index contributed by atoms with van der Waals surface area (Å²) in [6, 6.07) is 7.51. The summed E-state index contributed by atoms with van der Waals surface area (Å²) in [6.07, 6.45) is 1.96. The number of aryl methyl sites for hydroxylation is 1. The smallest absolute Gasteiger partial charge is 0.236 e. The predicted molar refractivity (Wildman–Crippen MR) is 103 cm³/mol. The van der Waals surface area contributed by atoms with Crippen molar-refractivity contribution in [3.63, 3.8) is 0 Å². The second-order valence-electron chi connectivity index (χ2n) is 6.85. The van der Waals surface area contributed by atoms with Gasteiger partial charge in [-0.2, -0.15) is 0 Å². The number of carbonyl (C=O) groups is 1. The summed E-state index contributed by atoms with van der Waals surface area (Å²) in [4.78, 5) is 21.3. The van der Waals surface area contributed by atoms with Crippen LogP contribution >= 0.6 is 11.6 Å². The Bertz CT molecular complexity index is 757. The molecule has 0 radical (unpaired) electrons. The maximum atomic E-state index is 12.5. The van der Waals surface area contributed by atoms with Crippen LogP contribution in [0, 0.1) is 6.92 Å². The van der Waals surface area contributed by atoms with Crippen molar-refractivity contribution in [3.05, 3.63) is 40.9 Å². The first-order chi connectivity index (χ1) is 12.5. The van der Waals surface area contributed by atoms with Gasteiger partial charge in [0.05, 0.1) is 18.3 Å². The summed E-state index contributed by atoms with van der Waals surface area (Å²) < 4.78 is 6.08. The third kappa shape index (κ3) is 4.10. The number of halogens is 1. The highest BCUT2D eigenvalue weighted by molar-refractivity contribution is 6.30. The molecule has 1 aliphatic rings. The van der Waals surface area contributed by atoms with Gasteiger partial charge < -0.3 is 9.32 Å². The molecule has 0 aliphatic carbocycles. The van der Waals surface area contributed by atoms with Crippen LogP contribution in [-0.2, 0) is 4.79 Å². The molecule has 2 heterocycles. The Morgan fingerprint density at radius 2 is 2.00 bits per heavy atom. The largest absolute Gasteiger partial charge is 0.439 e. The molecular formula is C20H26ClN3O2. The highest BCUT2D eigenvalue weighted by Gasteiger charge is 2.28. The Kier molecular flexibility index (Phi) is 5.99. The van der Waals surface area contributed by atoms with Gasteiger partial charge in [0.25, 0.3) is 0 Å². The molecule has 1 aliphatic heterocycles. The SMILES string of the molecule is CCCN1CCCN(C(C)c2nc(C)c(-c3ccc(Cl)cc3)o2)CC1=O. The van der Waals surface area contributed by atoms with Crippen molar-refractivity contribution in [1.82, 2.24) is 14.8 Å². The molecule has 3 rings (SSSR count). The van der Waals surface area contributed by atoms with Crippen LogP contribution in [-0.4, -0.2) is 46.9 Å². The topological polar surface area (TPSA) is 49.6 Å². The average molecular weight is 376 g/mol. The molecule has 140 valence electrons. The van der Waals surface area contributed by atoms with E-state index in [1.165, 1.54) is 0 Å². The number of hydrogen-bond acceptors (Lipinski definition) is 4. The van der Waals surface area contributed by atoms with Crippen LogP contribution in [0.5, 0.6) is 0 Å². The monoisotopic (exact) mass is 375 g/mol. The second-order valence-corrected chi connectivity index (χ2v) is 7.29. The average Bonchev–Trinajstić information content (AvgIpc) is 2.91. The van der Waals surface area contributed by atoms with Crippen molar-refractivity contribution >= 4 is 17.5 Å². The van der Waals surface area contributed by atoms with Gasteiger partial charge >= 0.3 is 0 Å². The first-order valence-corrected chi connectivity index (χ1v) is 9.62. The van der Waals surface area contributed by atoms with Gasteiger partial charge in [-0.25, -0.2) is 4.98 Å². The van der Waals surface area contributed by atoms with Crippen molar-refractivity contribution < 1.29 is 9.21 Å². The van der Waals surface area contributed by atoms with Crippen LogP contribution in [0.1, 0.15) is 44.3 Å². The lowest BCUT2D eigenvalue weighted by Gasteiger charge is -2.24. The molecule has 6 heteroatoms. The Hall–Kier alpha value is -1.85. The van der Waals surface area contributed by atoms with Gasteiger partial charge in [0.2, 0.25) is 11.8 Å². The summed E-state index contributed by atoms with van der Waals surface area (Å²) >= 11 is 5.97. The summed E-state index contributed by atoms with van der Waals surface area (Å²) in [5.41, 5.74) is 1.81. The van der Waals surface area contributed by atoms with Crippen LogP contribution in [0.15, 0.2) is 28.7 Å². The van der Waals surface area contributed by atoms with E-state index in [9.17, 15) is 4.79 Å². The fourth-order valence-electron chi connectivity index (χ4n) is 3.40. The third-order valence-corrected chi connectivity index (χ3v) is 5.13. The second kappa shape index (κ2) is 8.23. The normalized spacial score (nSPS) is 17.4. The first-order valence-electron chi connectivity index (χ1n) is 9.24. The summed E-state index contributed by atoms with van der Waals surface area (Å²) in [5, 5.41) is 0.694. The molecule has 1 amide bonds. The molecule has 1 atom stereocenters. The van der Waals surface area contributed by atoms with Gasteiger partial charge in [-0.15, -0.1) is 0 Å². The van der Waals surface area contributed by atoms with E-state index in [1.807, 2.05) is 36.1 Å². The maximum absolute atomic E-state index is 12.5. The lowest BCUT2D eigenvalue weighted by molar-refractivity contribution is -0.131. The van der Waals surface area contributed by atoms with E-state index in [0.717, 1.165) is 49.5 Å². The van der Waals surface area contributed by atoms with E-state index in [2.05, 4.69) is 23.7 Å². The predicted octanol–water partition coefficient (Wildman–Crippen LogP) is 4.31. The number of benzene rings is 1. The number of nitrogens with zero attached hydrogens (tertiary/aromatic N) is 3. The molecule has 1 saturated heterocycles. The van der Waals surface area contributed by atoms with Crippen LogP contribution in [0.4, 0.5) is 0 Å². The van der Waals surface area contributed by atoms with Crippen LogP contribution in [0.3, 0.4) is 0 Å². The quantitative estimate of drug-likeness (QED) is 0.781. The molecule has 1 aromatic carbocycles. The van der Waals surface area contributed by atoms with E-state index < -0.39 is 0 Å². The van der Waals surface area contributed by atoms with Gasteiger partial charge in [0.15, 0.2) is 5.76 Å². The minimum Gasteiger partial charge on any atom is -0.439 e. The summed E-state index contributed by atoms with van der Waals surface area (Å²) in [6.45, 7) is 9.05. The number of aromatic nitrogens is 1. The minimum atomic E-state index is -0.0414. The number of hydrogen-bond donors (Lipinski definition) is 0. The Labute approximate surface area is 159 Å². The van der Waals surface area contributed by atoms with Gasteiger partial charge in [0, 0.05) is 30.2 Å². The third-order valence-electron chi connectivity index (χ3n) is 4.88. The highest BCUT2D eigenvalue weighted by Crippen LogP contribution is 2.30. The zero-order valence-corrected chi connectivity index (χ0v) is 16.4. The number of amides is 1. The molecule has 0 spiro atoms. The van der Waals surface area contributed by atoms with E-state index >= 15 is 0 Å². The van der Waals surface area contributed by atoms with Crippen molar-refractivity contribution in [2.45, 2.75) is 39.7 Å². The number of rotatable bonds is 5. The van der Waals surface area contributed by atoms with E-state index in [4.69, 9.17) is 16.0 Å². The number of carbonyl (C=O) groups excluding carboxylic acids is 1. The van der Waals surface area contributed by atoms with Crippen LogP contribution in [0.2, 0.25) is 5.02 Å². The zero-order chi connectivity index (χ0) is 18.7. The van der Waals surface area contributed by atoms with E-state index in [1.54, 1.807) is 0 Å². The molecule has 0 N–H and O–H groups in total. The number of oxazole rings is 1. The van der Waals surface area contributed by atoms with Crippen molar-refractivity contribution in [2.24, 2.45) is 0 Å². The van der Waals surface area contributed by atoms with Crippen LogP contribution < -0.4 is 0 Å². The van der Waals surface area contributed by atoms with Gasteiger partial charge in [-0.05, 0) is 51.0 Å². The van der Waals surface area contributed by atoms with Gasteiger partial charge in [0.1, 0.15) is 0 Å². The molecule has 5 nitrogen and oxygen atoms in total. The highest BCUT2D eigenvalue weighted by atomic mass is 35.5. The lowest BCUT2D eigenvalue weighted by Crippen LogP contribution is -2.38. The Balaban J connectivity index is 1.77. The molecule has 1 unspecified atom stereocenters. The van der Waals surface area contributed by atoms with E-state index in [-0.39, 0.29) is 11.9 Å². The Morgan fingerprint density at radius 3 is 2.69 bits per heavy atom. The standard InChI is InChI=1S/C20H26ClN3O2/c1-4-10-23-11-5-12-24(13-18(23)25)15(3)20-22-14(2)19(26-20)16-6-8-17(21)9-7-16/h6-9,15H,4-5,10-13H2,1-3H3. The van der Waals surface area contributed by atoms with Crippen molar-refractivity contribution in [3.8, 4) is 11.3 Å². The summed E-state index contributed by atoms with van der Waals surface area (Å²) in [5.74, 6) is 1.61. The van der Waals surface area contributed by atoms with Gasteiger partial charge in [-0.1, -0.05) is 18.5 Å². The molecule has 1 aromatic heterocycles. The zero-order valence-electron chi connectivity index (χ0n) is 15.7. The molecule has 0 bridgehead atoms. The molecule has 2 aromatic rings. The molecule has 1 fully saturated rings. The maximum Gasteiger partial charge on any atom is 0.236 e. The molecule has 0 saturated carbocycles. The fourth-order valence-corrected chi connectivity index (χ4v) is 3.53. The van der Waals surface area contributed by atoms with Crippen molar-refractivity contribution in [2.75, 3.05) is 26.2 Å². The lowest BCUT2D eigenvalue weighted by atomic mass is 10.1.